The minimum Gasteiger partial charge on any atom is -0.494 e. The van der Waals surface area contributed by atoms with Crippen molar-refractivity contribution in [3.05, 3.63) is 34.8 Å². The van der Waals surface area contributed by atoms with Crippen LogP contribution in [0.1, 0.15) is 9.88 Å². The Labute approximate surface area is 87.0 Å². The minimum atomic E-state index is 0.392. The van der Waals surface area contributed by atoms with Crippen molar-refractivity contribution in [1.29, 1.82) is 5.26 Å². The van der Waals surface area contributed by atoms with Gasteiger partial charge in [-0.3, -0.25) is 0 Å². The number of nitriles is 1. The zero-order chi connectivity index (χ0) is 10.4. The largest absolute Gasteiger partial charge is 0.494 e. The second kappa shape index (κ2) is 5.20. The van der Waals surface area contributed by atoms with Crippen LogP contribution in [0.3, 0.4) is 0 Å². The van der Waals surface area contributed by atoms with Crippen LogP contribution >= 0.6 is 11.3 Å². The van der Waals surface area contributed by atoms with Gasteiger partial charge in [-0.25, -0.2) is 4.98 Å². The summed E-state index contributed by atoms with van der Waals surface area (Å²) in [5, 5.41) is 9.27. The molecule has 0 saturated heterocycles. The SMILES string of the molecule is C=C/C=C(\OC)c1ncc(CC#N)s1. The van der Waals surface area contributed by atoms with E-state index in [1.54, 1.807) is 25.5 Å². The highest BCUT2D eigenvalue weighted by Gasteiger charge is 2.06. The summed E-state index contributed by atoms with van der Waals surface area (Å²) in [7, 11) is 1.58. The van der Waals surface area contributed by atoms with Gasteiger partial charge in [0.2, 0.25) is 0 Å². The average Bonchev–Trinajstić information content (AvgIpc) is 2.63. The Morgan fingerprint density at radius 3 is 3.21 bits per heavy atom. The van der Waals surface area contributed by atoms with E-state index in [1.165, 1.54) is 11.3 Å². The fraction of sp³-hybridized carbons (Fsp3) is 0.200. The first-order valence-corrected chi connectivity index (χ1v) is 4.82. The molecule has 0 radical (unpaired) electrons. The van der Waals surface area contributed by atoms with E-state index in [1.807, 2.05) is 0 Å². The van der Waals surface area contributed by atoms with Crippen LogP contribution < -0.4 is 0 Å². The maximum Gasteiger partial charge on any atom is 0.158 e. The van der Waals surface area contributed by atoms with E-state index >= 15 is 0 Å². The molecule has 0 spiro atoms. The zero-order valence-electron chi connectivity index (χ0n) is 7.86. The van der Waals surface area contributed by atoms with Crippen LogP contribution in [-0.4, -0.2) is 12.1 Å². The van der Waals surface area contributed by atoms with E-state index in [0.717, 1.165) is 9.88 Å². The minimum absolute atomic E-state index is 0.392. The molecular formula is C10H10N2OS. The zero-order valence-corrected chi connectivity index (χ0v) is 8.67. The molecule has 0 unspecified atom stereocenters. The highest BCUT2D eigenvalue weighted by molar-refractivity contribution is 7.12. The Morgan fingerprint density at radius 2 is 2.64 bits per heavy atom. The molecule has 72 valence electrons. The highest BCUT2D eigenvalue weighted by atomic mass is 32.1. The third kappa shape index (κ3) is 2.44. The lowest BCUT2D eigenvalue weighted by molar-refractivity contribution is 0.370. The van der Waals surface area contributed by atoms with Crippen LogP contribution in [0.25, 0.3) is 5.76 Å². The second-order valence-corrected chi connectivity index (χ2v) is 3.55. The summed E-state index contributed by atoms with van der Waals surface area (Å²) in [5.74, 6) is 0.675. The molecule has 0 amide bonds. The number of ether oxygens (including phenoxy) is 1. The topological polar surface area (TPSA) is 45.9 Å². The first-order chi connectivity index (χ1) is 6.81. The van der Waals surface area contributed by atoms with Gasteiger partial charge in [0, 0.05) is 11.1 Å². The molecule has 0 N–H and O–H groups in total. The third-order valence-electron chi connectivity index (χ3n) is 1.51. The molecule has 1 aromatic heterocycles. The van der Waals surface area contributed by atoms with Gasteiger partial charge in [0.25, 0.3) is 0 Å². The van der Waals surface area contributed by atoms with E-state index in [4.69, 9.17) is 10.00 Å². The van der Waals surface area contributed by atoms with Crippen molar-refractivity contribution in [3.63, 3.8) is 0 Å². The smallest absolute Gasteiger partial charge is 0.158 e. The maximum absolute atomic E-state index is 8.49. The van der Waals surface area contributed by atoms with Crippen LogP contribution in [-0.2, 0) is 11.2 Å². The number of rotatable bonds is 4. The molecule has 1 aromatic rings. The van der Waals surface area contributed by atoms with Crippen molar-refractivity contribution in [2.45, 2.75) is 6.42 Å². The summed E-state index contributed by atoms with van der Waals surface area (Å²) in [6.07, 6.45) is 5.47. The van der Waals surface area contributed by atoms with E-state index in [2.05, 4.69) is 17.6 Å². The molecule has 0 aromatic carbocycles. The van der Waals surface area contributed by atoms with Crippen LogP contribution in [0.15, 0.2) is 24.9 Å². The van der Waals surface area contributed by atoms with Crippen molar-refractivity contribution in [2.75, 3.05) is 7.11 Å². The molecule has 0 saturated carbocycles. The average molecular weight is 206 g/mol. The normalized spacial score (nSPS) is 10.7. The lowest BCUT2D eigenvalue weighted by Crippen LogP contribution is -1.84. The standard InChI is InChI=1S/C10H10N2OS/c1-3-4-9(13-2)10-12-7-8(14-10)5-6-11/h3-4,7H,1,5H2,2H3/b9-4-. The van der Waals surface area contributed by atoms with Gasteiger partial charge in [-0.05, 0) is 6.08 Å². The van der Waals surface area contributed by atoms with Gasteiger partial charge in [0.1, 0.15) is 0 Å². The summed E-state index contributed by atoms with van der Waals surface area (Å²) in [6.45, 7) is 3.59. The fourth-order valence-electron chi connectivity index (χ4n) is 0.915. The predicted molar refractivity (Wildman–Crippen MR) is 56.6 cm³/mol. The van der Waals surface area contributed by atoms with E-state index < -0.39 is 0 Å². The summed E-state index contributed by atoms with van der Waals surface area (Å²) >= 11 is 1.46. The molecule has 0 aliphatic rings. The fourth-order valence-corrected chi connectivity index (χ4v) is 1.76. The Hall–Kier alpha value is -1.60. The molecule has 0 fully saturated rings. The van der Waals surface area contributed by atoms with Gasteiger partial charge < -0.3 is 4.74 Å². The van der Waals surface area contributed by atoms with E-state index in [-0.39, 0.29) is 0 Å². The van der Waals surface area contributed by atoms with Crippen molar-refractivity contribution in [3.8, 4) is 6.07 Å². The summed E-state index contributed by atoms with van der Waals surface area (Å²) in [5.41, 5.74) is 0. The van der Waals surface area contributed by atoms with Gasteiger partial charge in [-0.1, -0.05) is 12.7 Å². The second-order valence-electron chi connectivity index (χ2n) is 2.44. The molecule has 0 aliphatic heterocycles. The molecule has 3 nitrogen and oxygen atoms in total. The van der Waals surface area contributed by atoms with Gasteiger partial charge in [0.05, 0.1) is 19.6 Å². The van der Waals surface area contributed by atoms with Crippen LogP contribution in [0, 0.1) is 11.3 Å². The number of hydrogen-bond donors (Lipinski definition) is 0. The first-order valence-electron chi connectivity index (χ1n) is 4.00. The number of methoxy groups -OCH3 is 1. The van der Waals surface area contributed by atoms with Crippen molar-refractivity contribution < 1.29 is 4.74 Å². The predicted octanol–water partition coefficient (Wildman–Crippen LogP) is 2.38. The molecule has 0 atom stereocenters. The van der Waals surface area contributed by atoms with Gasteiger partial charge in [0.15, 0.2) is 10.8 Å². The van der Waals surface area contributed by atoms with Gasteiger partial charge in [-0.15, -0.1) is 11.3 Å². The van der Waals surface area contributed by atoms with E-state index in [0.29, 0.717) is 12.2 Å². The maximum atomic E-state index is 8.49. The van der Waals surface area contributed by atoms with Gasteiger partial charge in [-0.2, -0.15) is 5.26 Å². The summed E-state index contributed by atoms with van der Waals surface area (Å²) in [6, 6.07) is 2.08. The Kier molecular flexibility index (Phi) is 3.89. The lowest BCUT2D eigenvalue weighted by atomic mass is 10.4. The first kappa shape index (κ1) is 10.5. The molecule has 1 heterocycles. The summed E-state index contributed by atoms with van der Waals surface area (Å²) in [4.78, 5) is 5.09. The Morgan fingerprint density at radius 1 is 1.86 bits per heavy atom. The number of allylic oxidation sites excluding steroid dienone is 2. The highest BCUT2D eigenvalue weighted by Crippen LogP contribution is 2.21. The number of aromatic nitrogens is 1. The third-order valence-corrected chi connectivity index (χ3v) is 2.52. The molecule has 14 heavy (non-hydrogen) atoms. The quantitative estimate of drug-likeness (QED) is 0.561. The molecule has 0 bridgehead atoms. The van der Waals surface area contributed by atoms with Crippen LogP contribution in [0.2, 0.25) is 0 Å². The summed E-state index contributed by atoms with van der Waals surface area (Å²) < 4.78 is 5.12. The van der Waals surface area contributed by atoms with Crippen LogP contribution in [0.4, 0.5) is 0 Å². The Balaban J connectivity index is 2.90. The molecular weight excluding hydrogens is 196 g/mol. The number of hydrogen-bond acceptors (Lipinski definition) is 4. The van der Waals surface area contributed by atoms with Crippen LogP contribution in [0.5, 0.6) is 0 Å². The molecule has 0 aliphatic carbocycles. The monoisotopic (exact) mass is 206 g/mol. The van der Waals surface area contributed by atoms with Gasteiger partial charge >= 0.3 is 0 Å². The molecule has 1 rings (SSSR count). The number of nitrogens with zero attached hydrogens (tertiary/aromatic N) is 2. The lowest BCUT2D eigenvalue weighted by Gasteiger charge is -1.99. The van der Waals surface area contributed by atoms with Crippen molar-refractivity contribution >= 4 is 17.1 Å². The van der Waals surface area contributed by atoms with Crippen molar-refractivity contribution in [2.24, 2.45) is 0 Å². The van der Waals surface area contributed by atoms with E-state index in [9.17, 15) is 0 Å². The number of thiazole rings is 1. The Bertz CT molecular complexity index is 387. The van der Waals surface area contributed by atoms with Crippen molar-refractivity contribution in [1.82, 2.24) is 4.98 Å². The molecule has 4 heteroatoms.